The summed E-state index contributed by atoms with van der Waals surface area (Å²) < 4.78 is 0. The largest absolute Gasteiger partial charge is 0.323 e. The lowest BCUT2D eigenvalue weighted by Crippen LogP contribution is -2.39. The summed E-state index contributed by atoms with van der Waals surface area (Å²) in [4.78, 5) is 15.6. The molecule has 0 aliphatic rings. The molecule has 0 bridgehead atoms. The zero-order valence-electron chi connectivity index (χ0n) is 9.32. The fraction of sp³-hybridized carbons (Fsp3) is 0.455. The van der Waals surface area contributed by atoms with E-state index < -0.39 is 6.04 Å². The first-order valence-corrected chi connectivity index (χ1v) is 4.99. The van der Waals surface area contributed by atoms with E-state index >= 15 is 0 Å². The first-order chi connectivity index (χ1) is 7.00. The van der Waals surface area contributed by atoms with Crippen molar-refractivity contribution in [3.05, 3.63) is 24.0 Å². The van der Waals surface area contributed by atoms with Gasteiger partial charge in [0.25, 0.3) is 0 Å². The van der Waals surface area contributed by atoms with Gasteiger partial charge in [-0.25, -0.2) is 0 Å². The fourth-order valence-corrected chi connectivity index (χ4v) is 1.15. The zero-order chi connectivity index (χ0) is 11.4. The van der Waals surface area contributed by atoms with E-state index in [-0.39, 0.29) is 11.8 Å². The molecule has 0 unspecified atom stereocenters. The summed E-state index contributed by atoms with van der Waals surface area (Å²) >= 11 is 0. The van der Waals surface area contributed by atoms with Crippen LogP contribution in [-0.4, -0.2) is 16.9 Å². The van der Waals surface area contributed by atoms with Crippen LogP contribution in [0.15, 0.2) is 18.5 Å². The lowest BCUT2D eigenvalue weighted by molar-refractivity contribution is -0.118. The quantitative estimate of drug-likeness (QED) is 0.785. The van der Waals surface area contributed by atoms with Crippen LogP contribution in [0.25, 0.3) is 0 Å². The maximum atomic E-state index is 11.6. The molecular weight excluding hydrogens is 190 g/mol. The standard InChI is InChI=1S/C11H17N3O/c1-7(2)10(12)11(15)14-9-4-8(3)5-13-6-9/h4-7,10H,12H2,1-3H3,(H,14,15)/t10-/m1/s1. The summed E-state index contributed by atoms with van der Waals surface area (Å²) in [7, 11) is 0. The van der Waals surface area contributed by atoms with Crippen molar-refractivity contribution >= 4 is 11.6 Å². The van der Waals surface area contributed by atoms with Gasteiger partial charge in [-0.2, -0.15) is 0 Å². The number of rotatable bonds is 3. The van der Waals surface area contributed by atoms with Gasteiger partial charge in [0.15, 0.2) is 0 Å². The summed E-state index contributed by atoms with van der Waals surface area (Å²) in [6.07, 6.45) is 3.34. The van der Waals surface area contributed by atoms with Crippen LogP contribution < -0.4 is 11.1 Å². The summed E-state index contributed by atoms with van der Waals surface area (Å²) in [5.41, 5.74) is 7.41. The van der Waals surface area contributed by atoms with Crippen molar-refractivity contribution in [3.63, 3.8) is 0 Å². The van der Waals surface area contributed by atoms with Crippen LogP contribution in [0.1, 0.15) is 19.4 Å². The minimum absolute atomic E-state index is 0.128. The second-order valence-corrected chi connectivity index (χ2v) is 4.01. The maximum Gasteiger partial charge on any atom is 0.241 e. The average Bonchev–Trinajstić information content (AvgIpc) is 2.16. The number of anilines is 1. The third-order valence-corrected chi connectivity index (χ3v) is 2.16. The number of carbonyl (C=O) groups excluding carboxylic acids is 1. The van der Waals surface area contributed by atoms with Crippen LogP contribution in [0.5, 0.6) is 0 Å². The first-order valence-electron chi connectivity index (χ1n) is 4.99. The number of nitrogens with two attached hydrogens (primary N) is 1. The molecule has 1 rings (SSSR count). The molecule has 15 heavy (non-hydrogen) atoms. The number of nitrogens with zero attached hydrogens (tertiary/aromatic N) is 1. The van der Waals surface area contributed by atoms with E-state index in [1.54, 1.807) is 12.4 Å². The fourth-order valence-electron chi connectivity index (χ4n) is 1.15. The number of hydrogen-bond donors (Lipinski definition) is 2. The molecule has 0 aliphatic heterocycles. The average molecular weight is 207 g/mol. The highest BCUT2D eigenvalue weighted by Crippen LogP contribution is 2.08. The van der Waals surface area contributed by atoms with Crippen molar-refractivity contribution in [1.82, 2.24) is 4.98 Å². The van der Waals surface area contributed by atoms with Gasteiger partial charge in [-0.3, -0.25) is 9.78 Å². The van der Waals surface area contributed by atoms with Gasteiger partial charge in [-0.15, -0.1) is 0 Å². The highest BCUT2D eigenvalue weighted by molar-refractivity contribution is 5.94. The molecule has 1 atom stereocenters. The van der Waals surface area contributed by atoms with Crippen LogP contribution >= 0.6 is 0 Å². The van der Waals surface area contributed by atoms with E-state index in [0.717, 1.165) is 5.56 Å². The first kappa shape index (κ1) is 11.7. The number of amides is 1. The normalized spacial score (nSPS) is 12.6. The Morgan fingerprint density at radius 2 is 2.13 bits per heavy atom. The Balaban J connectivity index is 2.66. The lowest BCUT2D eigenvalue weighted by atomic mass is 10.1. The van der Waals surface area contributed by atoms with E-state index in [0.29, 0.717) is 5.69 Å². The summed E-state index contributed by atoms with van der Waals surface area (Å²) in [6, 6.07) is 1.38. The van der Waals surface area contributed by atoms with Crippen molar-refractivity contribution < 1.29 is 4.79 Å². The minimum Gasteiger partial charge on any atom is -0.323 e. The van der Waals surface area contributed by atoms with Crippen LogP contribution in [0.2, 0.25) is 0 Å². The van der Waals surface area contributed by atoms with Crippen molar-refractivity contribution in [2.24, 2.45) is 11.7 Å². The SMILES string of the molecule is Cc1cncc(NC(=O)[C@H](N)C(C)C)c1. The van der Waals surface area contributed by atoms with E-state index in [2.05, 4.69) is 10.3 Å². The third kappa shape index (κ3) is 3.32. The monoisotopic (exact) mass is 207 g/mol. The van der Waals surface area contributed by atoms with Gasteiger partial charge in [0, 0.05) is 6.20 Å². The Morgan fingerprint density at radius 3 is 2.67 bits per heavy atom. The predicted molar refractivity (Wildman–Crippen MR) is 60.4 cm³/mol. The summed E-state index contributed by atoms with van der Waals surface area (Å²) in [5.74, 6) is -0.0415. The highest BCUT2D eigenvalue weighted by atomic mass is 16.2. The van der Waals surface area contributed by atoms with Crippen molar-refractivity contribution in [2.75, 3.05) is 5.32 Å². The van der Waals surface area contributed by atoms with E-state index in [1.165, 1.54) is 0 Å². The van der Waals surface area contributed by atoms with Crippen LogP contribution in [0, 0.1) is 12.8 Å². The van der Waals surface area contributed by atoms with Crippen molar-refractivity contribution in [3.8, 4) is 0 Å². The van der Waals surface area contributed by atoms with Crippen molar-refractivity contribution in [1.29, 1.82) is 0 Å². The molecule has 1 aromatic rings. The molecule has 0 saturated heterocycles. The number of aryl methyl sites for hydroxylation is 1. The second-order valence-electron chi connectivity index (χ2n) is 4.01. The summed E-state index contributed by atoms with van der Waals surface area (Å²) in [6.45, 7) is 5.75. The van der Waals surface area contributed by atoms with Crippen LogP contribution in [0.3, 0.4) is 0 Å². The maximum absolute atomic E-state index is 11.6. The molecule has 0 aliphatic carbocycles. The molecule has 3 N–H and O–H groups in total. The molecular formula is C11H17N3O. The molecule has 4 heteroatoms. The number of carbonyl (C=O) groups is 1. The Hall–Kier alpha value is -1.42. The molecule has 0 saturated carbocycles. The Labute approximate surface area is 89.9 Å². The number of aromatic nitrogens is 1. The molecule has 0 aromatic carbocycles. The summed E-state index contributed by atoms with van der Waals surface area (Å²) in [5, 5.41) is 2.74. The molecule has 4 nitrogen and oxygen atoms in total. The molecule has 1 aromatic heterocycles. The molecule has 1 heterocycles. The zero-order valence-corrected chi connectivity index (χ0v) is 9.32. The predicted octanol–water partition coefficient (Wildman–Crippen LogP) is 1.31. The van der Waals surface area contributed by atoms with Gasteiger partial charge < -0.3 is 11.1 Å². The second kappa shape index (κ2) is 4.89. The van der Waals surface area contributed by atoms with E-state index in [1.807, 2.05) is 26.8 Å². The number of pyridine rings is 1. The molecule has 0 spiro atoms. The van der Waals surface area contributed by atoms with E-state index in [9.17, 15) is 4.79 Å². The molecule has 82 valence electrons. The van der Waals surface area contributed by atoms with Gasteiger partial charge in [0.1, 0.15) is 0 Å². The minimum atomic E-state index is -0.481. The van der Waals surface area contributed by atoms with E-state index in [4.69, 9.17) is 5.73 Å². The highest BCUT2D eigenvalue weighted by Gasteiger charge is 2.16. The molecule has 0 fully saturated rings. The van der Waals surface area contributed by atoms with Gasteiger partial charge in [-0.05, 0) is 24.5 Å². The molecule has 1 amide bonds. The third-order valence-electron chi connectivity index (χ3n) is 2.16. The van der Waals surface area contributed by atoms with Gasteiger partial charge in [0.05, 0.1) is 17.9 Å². The van der Waals surface area contributed by atoms with Gasteiger partial charge in [0.2, 0.25) is 5.91 Å². The van der Waals surface area contributed by atoms with Crippen LogP contribution in [0.4, 0.5) is 5.69 Å². The smallest absolute Gasteiger partial charge is 0.241 e. The molecule has 0 radical (unpaired) electrons. The number of hydrogen-bond acceptors (Lipinski definition) is 3. The van der Waals surface area contributed by atoms with Crippen LogP contribution in [-0.2, 0) is 4.79 Å². The Morgan fingerprint density at radius 1 is 1.47 bits per heavy atom. The van der Waals surface area contributed by atoms with Gasteiger partial charge in [-0.1, -0.05) is 13.8 Å². The lowest BCUT2D eigenvalue weighted by Gasteiger charge is -2.15. The topological polar surface area (TPSA) is 68.0 Å². The van der Waals surface area contributed by atoms with Crippen molar-refractivity contribution in [2.45, 2.75) is 26.8 Å². The Kier molecular flexibility index (Phi) is 3.80. The van der Waals surface area contributed by atoms with Gasteiger partial charge >= 0.3 is 0 Å². The Bertz CT molecular complexity index is 349. The number of nitrogens with one attached hydrogen (secondary N) is 1.